The predicted octanol–water partition coefficient (Wildman–Crippen LogP) is 2.02. The molecule has 1 spiro atoms. The van der Waals surface area contributed by atoms with Crippen molar-refractivity contribution in [2.75, 3.05) is 13.2 Å². The van der Waals surface area contributed by atoms with Gasteiger partial charge >= 0.3 is 5.97 Å². The topological polar surface area (TPSA) is 81.8 Å². The summed E-state index contributed by atoms with van der Waals surface area (Å²) in [6.45, 7) is 1.07. The zero-order valence-electron chi connectivity index (χ0n) is 10.9. The largest absolute Gasteiger partial charge is 0.484 e. The summed E-state index contributed by atoms with van der Waals surface area (Å²) < 4.78 is 12.3. The molecule has 2 aliphatic rings. The summed E-state index contributed by atoms with van der Waals surface area (Å²) in [5, 5.41) is 9.61. The Balaban J connectivity index is 2.10. The molecular formula is C14H16BrNO4. The molecule has 5 nitrogen and oxygen atoms in total. The van der Waals surface area contributed by atoms with E-state index in [1.54, 1.807) is 12.1 Å². The molecule has 108 valence electrons. The van der Waals surface area contributed by atoms with E-state index in [0.29, 0.717) is 24.5 Å². The third-order valence-corrected chi connectivity index (χ3v) is 4.51. The van der Waals surface area contributed by atoms with Gasteiger partial charge in [0, 0.05) is 23.1 Å². The highest BCUT2D eigenvalue weighted by Crippen LogP contribution is 2.46. The second-order valence-electron chi connectivity index (χ2n) is 5.53. The molecule has 2 unspecified atom stereocenters. The van der Waals surface area contributed by atoms with Crippen LogP contribution in [0.25, 0.3) is 0 Å². The van der Waals surface area contributed by atoms with Crippen molar-refractivity contribution in [2.24, 2.45) is 5.73 Å². The summed E-state index contributed by atoms with van der Waals surface area (Å²) >= 11 is 3.35. The van der Waals surface area contributed by atoms with Crippen molar-refractivity contribution in [1.82, 2.24) is 0 Å². The fourth-order valence-corrected chi connectivity index (χ4v) is 3.41. The monoisotopic (exact) mass is 341 g/mol. The number of ether oxygens (including phenoxy) is 2. The molecule has 0 bridgehead atoms. The lowest BCUT2D eigenvalue weighted by atomic mass is 9.75. The van der Waals surface area contributed by atoms with Gasteiger partial charge in [0.2, 0.25) is 0 Å². The normalized spacial score (nSPS) is 32.5. The van der Waals surface area contributed by atoms with Gasteiger partial charge in [0.25, 0.3) is 0 Å². The van der Waals surface area contributed by atoms with Gasteiger partial charge in [-0.15, -0.1) is 0 Å². The van der Waals surface area contributed by atoms with Crippen LogP contribution in [0, 0.1) is 0 Å². The molecule has 2 aliphatic heterocycles. The summed E-state index contributed by atoms with van der Waals surface area (Å²) in [6.07, 6.45) is 1.83. The van der Waals surface area contributed by atoms with Crippen LogP contribution in [-0.2, 0) is 15.1 Å². The van der Waals surface area contributed by atoms with Crippen LogP contribution in [0.15, 0.2) is 22.7 Å². The molecule has 0 amide bonds. The van der Waals surface area contributed by atoms with Crippen molar-refractivity contribution in [2.45, 2.75) is 30.4 Å². The van der Waals surface area contributed by atoms with Gasteiger partial charge in [0.1, 0.15) is 16.9 Å². The molecule has 6 heteroatoms. The van der Waals surface area contributed by atoms with Crippen molar-refractivity contribution in [1.29, 1.82) is 0 Å². The first-order chi connectivity index (χ1) is 9.45. The Kier molecular flexibility index (Phi) is 3.27. The van der Waals surface area contributed by atoms with E-state index in [9.17, 15) is 9.90 Å². The van der Waals surface area contributed by atoms with Crippen molar-refractivity contribution in [3.8, 4) is 5.75 Å². The summed E-state index contributed by atoms with van der Waals surface area (Å²) in [7, 11) is 0. The minimum Gasteiger partial charge on any atom is -0.484 e. The number of benzene rings is 1. The quantitative estimate of drug-likeness (QED) is 0.816. The number of carbonyl (C=O) groups is 1. The van der Waals surface area contributed by atoms with Crippen molar-refractivity contribution < 1.29 is 19.4 Å². The second-order valence-corrected chi connectivity index (χ2v) is 6.45. The third-order valence-electron chi connectivity index (χ3n) is 4.02. The van der Waals surface area contributed by atoms with Gasteiger partial charge in [-0.2, -0.15) is 0 Å². The number of aliphatic carboxylic acids is 1. The summed E-state index contributed by atoms with van der Waals surface area (Å²) in [5.74, 6) is -0.500. The van der Waals surface area contributed by atoms with Crippen LogP contribution in [0.3, 0.4) is 0 Å². The van der Waals surface area contributed by atoms with Gasteiger partial charge in [0.05, 0.1) is 6.61 Å². The fraction of sp³-hybridized carbons (Fsp3) is 0.500. The molecule has 2 atom stereocenters. The molecule has 0 radical (unpaired) electrons. The average Bonchev–Trinajstić information content (AvgIpc) is 2.40. The van der Waals surface area contributed by atoms with E-state index in [4.69, 9.17) is 15.2 Å². The molecule has 20 heavy (non-hydrogen) atoms. The summed E-state index contributed by atoms with van der Waals surface area (Å²) in [6, 6.07) is 5.31. The Morgan fingerprint density at radius 3 is 2.90 bits per heavy atom. The molecule has 1 fully saturated rings. The maximum absolute atomic E-state index is 11.7. The zero-order valence-corrected chi connectivity index (χ0v) is 12.5. The number of halogens is 1. The van der Waals surface area contributed by atoms with Crippen LogP contribution in [0.2, 0.25) is 0 Å². The van der Waals surface area contributed by atoms with Gasteiger partial charge in [-0.05, 0) is 31.0 Å². The van der Waals surface area contributed by atoms with Crippen molar-refractivity contribution in [3.05, 3.63) is 28.2 Å². The SMILES string of the molecule is NC1(C(=O)O)CC2(CCCOC2)Oc2ccc(Br)cc21. The summed E-state index contributed by atoms with van der Waals surface area (Å²) in [5.41, 5.74) is 4.66. The van der Waals surface area contributed by atoms with E-state index in [-0.39, 0.29) is 6.42 Å². The van der Waals surface area contributed by atoms with Crippen LogP contribution in [0.5, 0.6) is 5.75 Å². The van der Waals surface area contributed by atoms with E-state index in [1.165, 1.54) is 0 Å². The van der Waals surface area contributed by atoms with Crippen LogP contribution in [-0.4, -0.2) is 29.9 Å². The third kappa shape index (κ3) is 2.12. The minimum atomic E-state index is -1.45. The lowest BCUT2D eigenvalue weighted by Crippen LogP contribution is -2.59. The van der Waals surface area contributed by atoms with Crippen LogP contribution in [0.4, 0.5) is 0 Å². The van der Waals surface area contributed by atoms with E-state index in [0.717, 1.165) is 17.3 Å². The van der Waals surface area contributed by atoms with Crippen LogP contribution >= 0.6 is 15.9 Å². The number of carboxylic acids is 1. The number of hydrogen-bond acceptors (Lipinski definition) is 4. The highest BCUT2D eigenvalue weighted by molar-refractivity contribution is 9.10. The molecule has 1 aromatic rings. The smallest absolute Gasteiger partial charge is 0.328 e. The van der Waals surface area contributed by atoms with E-state index >= 15 is 0 Å². The number of carboxylic acid groups (broad SMARTS) is 1. The molecular weight excluding hydrogens is 326 g/mol. The predicted molar refractivity (Wildman–Crippen MR) is 75.7 cm³/mol. The maximum atomic E-state index is 11.7. The lowest BCUT2D eigenvalue weighted by molar-refractivity contribution is -0.152. The number of rotatable bonds is 1. The fourth-order valence-electron chi connectivity index (χ4n) is 3.05. The van der Waals surface area contributed by atoms with Crippen molar-refractivity contribution >= 4 is 21.9 Å². The van der Waals surface area contributed by atoms with E-state index in [1.807, 2.05) is 6.07 Å². The maximum Gasteiger partial charge on any atom is 0.328 e. The molecule has 1 saturated heterocycles. The lowest BCUT2D eigenvalue weighted by Gasteiger charge is -2.46. The van der Waals surface area contributed by atoms with E-state index < -0.39 is 17.1 Å². The van der Waals surface area contributed by atoms with Crippen LogP contribution < -0.4 is 10.5 Å². The molecule has 0 aliphatic carbocycles. The van der Waals surface area contributed by atoms with Gasteiger partial charge in [-0.3, -0.25) is 0 Å². The first-order valence-electron chi connectivity index (χ1n) is 6.54. The number of fused-ring (bicyclic) bond motifs is 1. The molecule has 0 saturated carbocycles. The highest BCUT2D eigenvalue weighted by Gasteiger charge is 2.52. The van der Waals surface area contributed by atoms with Gasteiger partial charge in [0.15, 0.2) is 0 Å². The molecule has 1 aromatic carbocycles. The standard InChI is InChI=1S/C14H16BrNO4/c15-9-2-3-11-10(6-9)14(16,12(17)18)7-13(20-11)4-1-5-19-8-13/h2-3,6H,1,4-5,7-8,16H2,(H,17,18). The second kappa shape index (κ2) is 4.72. The molecule has 2 heterocycles. The molecule has 3 rings (SSSR count). The Morgan fingerprint density at radius 1 is 1.45 bits per heavy atom. The van der Waals surface area contributed by atoms with Crippen molar-refractivity contribution in [3.63, 3.8) is 0 Å². The van der Waals surface area contributed by atoms with Gasteiger partial charge in [-0.1, -0.05) is 15.9 Å². The Bertz CT molecular complexity index is 556. The Labute approximate surface area is 125 Å². The highest BCUT2D eigenvalue weighted by atomic mass is 79.9. The molecule has 0 aromatic heterocycles. The van der Waals surface area contributed by atoms with Gasteiger partial charge < -0.3 is 20.3 Å². The minimum absolute atomic E-state index is 0.221. The number of nitrogens with two attached hydrogens (primary N) is 1. The Morgan fingerprint density at radius 2 is 2.25 bits per heavy atom. The molecule has 3 N–H and O–H groups in total. The Hall–Kier alpha value is -1.11. The number of hydrogen-bond donors (Lipinski definition) is 2. The summed E-state index contributed by atoms with van der Waals surface area (Å²) in [4.78, 5) is 11.7. The van der Waals surface area contributed by atoms with Crippen LogP contribution in [0.1, 0.15) is 24.8 Å². The average molecular weight is 342 g/mol. The first-order valence-corrected chi connectivity index (χ1v) is 7.34. The first kappa shape index (κ1) is 13.9. The van der Waals surface area contributed by atoms with Gasteiger partial charge in [-0.25, -0.2) is 4.79 Å². The van der Waals surface area contributed by atoms with E-state index in [2.05, 4.69) is 15.9 Å². The zero-order chi connectivity index (χ0) is 14.4.